The fourth-order valence-corrected chi connectivity index (χ4v) is 0.0645. The Balaban J connectivity index is 0. The molecule has 0 heterocycles. The smallest absolute Gasteiger partial charge is 0.675 e. The van der Waals surface area contributed by atoms with Gasteiger partial charge in [-0.1, -0.05) is 0 Å². The zero-order valence-corrected chi connectivity index (χ0v) is 6.39. The average Bonchev–Trinajstić information content (AvgIpc) is 1.65. The van der Waals surface area contributed by atoms with E-state index in [1.807, 2.05) is 0 Å². The summed E-state index contributed by atoms with van der Waals surface area (Å²) in [7, 11) is 0. The molecule has 0 aromatic carbocycles. The topological polar surface area (TPSA) is 64.3 Å². The zero-order valence-electron chi connectivity index (χ0n) is 4.39. The molecule has 1 atom stereocenters. The first-order valence-electron chi connectivity index (χ1n) is 1.74. The summed E-state index contributed by atoms with van der Waals surface area (Å²) in [4.78, 5) is 0. The normalized spacial score (nSPS) is 12.4. The summed E-state index contributed by atoms with van der Waals surface area (Å²) >= 11 is 0. The summed E-state index contributed by atoms with van der Waals surface area (Å²) in [5.74, 6) is 0. The van der Waals surface area contributed by atoms with E-state index in [9.17, 15) is 0 Å². The molecule has 0 aromatic heterocycles. The Morgan fingerprint density at radius 1 is 1.57 bits per heavy atom. The monoisotopic (exact) mass is 113 g/mol. The summed E-state index contributed by atoms with van der Waals surface area (Å²) in [6.07, 6.45) is -0.843. The molecule has 0 aliphatic heterocycles. The van der Waals surface area contributed by atoms with Gasteiger partial charge >= 0.3 is 29.6 Å². The number of nitrogens with one attached hydrogen (secondary N) is 1. The minimum Gasteiger partial charge on any atom is -0.675 e. The third-order valence-corrected chi connectivity index (χ3v) is 0.446. The minimum atomic E-state index is -0.843. The van der Waals surface area contributed by atoms with E-state index in [-0.39, 0.29) is 42.7 Å². The van der Waals surface area contributed by atoms with Crippen molar-refractivity contribution in [2.24, 2.45) is 0 Å². The van der Waals surface area contributed by atoms with E-state index in [1.54, 1.807) is 0 Å². The van der Waals surface area contributed by atoms with E-state index in [0.717, 1.165) is 0 Å². The second-order valence-corrected chi connectivity index (χ2v) is 1.04. The van der Waals surface area contributed by atoms with Crippen LogP contribution in [0.4, 0.5) is 0 Å². The standard InChI is InChI=1S/C3H8NO2.Na/c4-1-3(6)2-5;/h3-6H,1-2H2;/q-1;+1. The number of hydrogen-bond acceptors (Lipinski definition) is 2. The summed E-state index contributed by atoms with van der Waals surface area (Å²) in [6, 6.07) is 0. The van der Waals surface area contributed by atoms with Gasteiger partial charge in [0.1, 0.15) is 0 Å². The van der Waals surface area contributed by atoms with Crippen LogP contribution >= 0.6 is 0 Å². The van der Waals surface area contributed by atoms with Gasteiger partial charge in [-0.2, -0.15) is 0 Å². The van der Waals surface area contributed by atoms with Gasteiger partial charge in [-0.3, -0.25) is 0 Å². The van der Waals surface area contributed by atoms with Crippen LogP contribution in [0.25, 0.3) is 5.73 Å². The summed E-state index contributed by atoms with van der Waals surface area (Å²) in [5.41, 5.74) is 6.40. The summed E-state index contributed by atoms with van der Waals surface area (Å²) in [5, 5.41) is 16.2. The van der Waals surface area contributed by atoms with E-state index >= 15 is 0 Å². The van der Waals surface area contributed by atoms with Crippen molar-refractivity contribution in [2.45, 2.75) is 6.10 Å². The molecule has 0 bridgehead atoms. The van der Waals surface area contributed by atoms with E-state index in [0.29, 0.717) is 0 Å². The average molecular weight is 113 g/mol. The first kappa shape index (κ1) is 10.8. The van der Waals surface area contributed by atoms with Crippen molar-refractivity contribution >= 4 is 0 Å². The molecule has 0 saturated heterocycles. The molecule has 3 nitrogen and oxygen atoms in total. The van der Waals surface area contributed by atoms with E-state index in [2.05, 4.69) is 0 Å². The van der Waals surface area contributed by atoms with Crippen LogP contribution in [0, 0.1) is 0 Å². The van der Waals surface area contributed by atoms with Gasteiger partial charge in [0.25, 0.3) is 0 Å². The van der Waals surface area contributed by atoms with E-state index in [1.165, 1.54) is 0 Å². The second-order valence-electron chi connectivity index (χ2n) is 1.04. The van der Waals surface area contributed by atoms with Crippen LogP contribution < -0.4 is 29.6 Å². The molecule has 7 heavy (non-hydrogen) atoms. The number of rotatable bonds is 2. The molecule has 3 N–H and O–H groups in total. The Bertz CT molecular complexity index is 32.1. The van der Waals surface area contributed by atoms with Crippen molar-refractivity contribution in [3.63, 3.8) is 0 Å². The number of hydrogen-bond donors (Lipinski definition) is 2. The first-order valence-corrected chi connectivity index (χ1v) is 1.74. The van der Waals surface area contributed by atoms with Crippen molar-refractivity contribution in [1.29, 1.82) is 0 Å². The fraction of sp³-hybridized carbons (Fsp3) is 1.00. The fourth-order valence-electron chi connectivity index (χ4n) is 0.0645. The van der Waals surface area contributed by atoms with Crippen LogP contribution in [0.1, 0.15) is 0 Å². The molecule has 0 rings (SSSR count). The third-order valence-electron chi connectivity index (χ3n) is 0.446. The quantitative estimate of drug-likeness (QED) is 0.363. The molecule has 0 aromatic rings. The molecule has 0 aliphatic rings. The largest absolute Gasteiger partial charge is 1.00 e. The van der Waals surface area contributed by atoms with Crippen molar-refractivity contribution in [1.82, 2.24) is 0 Å². The molecule has 0 spiro atoms. The maximum absolute atomic E-state index is 8.23. The van der Waals surface area contributed by atoms with E-state index in [4.69, 9.17) is 15.9 Å². The van der Waals surface area contributed by atoms with Crippen molar-refractivity contribution < 1.29 is 39.8 Å². The molecule has 0 fully saturated rings. The molecule has 38 valence electrons. The molecule has 0 saturated carbocycles. The molecule has 0 aliphatic carbocycles. The van der Waals surface area contributed by atoms with Gasteiger partial charge in [0.05, 0.1) is 12.7 Å². The van der Waals surface area contributed by atoms with Gasteiger partial charge in [-0.05, 0) is 0 Å². The van der Waals surface area contributed by atoms with Crippen molar-refractivity contribution in [3.8, 4) is 0 Å². The van der Waals surface area contributed by atoms with E-state index < -0.39 is 6.10 Å². The predicted octanol–water partition coefficient (Wildman–Crippen LogP) is -3.60. The van der Waals surface area contributed by atoms with Gasteiger partial charge in [-0.15, -0.1) is 6.54 Å². The molecule has 4 heteroatoms. The van der Waals surface area contributed by atoms with Crippen LogP contribution in [0.2, 0.25) is 0 Å². The summed E-state index contributed by atoms with van der Waals surface area (Å²) in [6.45, 7) is -0.417. The maximum atomic E-state index is 8.23. The van der Waals surface area contributed by atoms with Crippen LogP contribution in [-0.2, 0) is 0 Å². The van der Waals surface area contributed by atoms with Gasteiger partial charge in [-0.25, -0.2) is 0 Å². The van der Waals surface area contributed by atoms with Gasteiger partial charge in [0.15, 0.2) is 0 Å². The Morgan fingerprint density at radius 2 is 2.00 bits per heavy atom. The zero-order chi connectivity index (χ0) is 4.99. The Hall–Kier alpha value is 0.880. The number of aliphatic hydroxyl groups is 2. The van der Waals surface area contributed by atoms with Crippen LogP contribution in [0.3, 0.4) is 0 Å². The van der Waals surface area contributed by atoms with Gasteiger partial charge < -0.3 is 15.9 Å². The predicted molar refractivity (Wildman–Crippen MR) is 22.3 cm³/mol. The van der Waals surface area contributed by atoms with Crippen molar-refractivity contribution in [2.75, 3.05) is 13.2 Å². The maximum Gasteiger partial charge on any atom is 1.00 e. The van der Waals surface area contributed by atoms with Gasteiger partial charge in [0.2, 0.25) is 0 Å². The molecule has 0 amide bonds. The van der Waals surface area contributed by atoms with Crippen LogP contribution in [0.5, 0.6) is 0 Å². The molecular formula is C3H8NNaO2. The first-order chi connectivity index (χ1) is 2.81. The van der Waals surface area contributed by atoms with Crippen molar-refractivity contribution in [3.05, 3.63) is 5.73 Å². The third kappa shape index (κ3) is 6.88. The molecular weight excluding hydrogens is 105 g/mol. The summed E-state index contributed by atoms with van der Waals surface area (Å²) < 4.78 is 0. The van der Waals surface area contributed by atoms with Crippen LogP contribution in [0.15, 0.2) is 0 Å². The van der Waals surface area contributed by atoms with Crippen LogP contribution in [-0.4, -0.2) is 29.5 Å². The minimum absolute atomic E-state index is 0. The Morgan fingerprint density at radius 3 is 2.00 bits per heavy atom. The second kappa shape index (κ2) is 6.88. The number of aliphatic hydroxyl groups excluding tert-OH is 2. The van der Waals surface area contributed by atoms with Gasteiger partial charge in [0, 0.05) is 0 Å². The molecule has 1 unspecified atom stereocenters. The Kier molecular flexibility index (Phi) is 10.6. The molecule has 0 radical (unpaired) electrons. The SMILES string of the molecule is [NH-]CC(O)CO.[Na+]. The Labute approximate surface area is 64.8 Å².